The maximum atomic E-state index is 10.4. The van der Waals surface area contributed by atoms with Crippen LogP contribution in [0.25, 0.3) is 0 Å². The van der Waals surface area contributed by atoms with E-state index < -0.39 is 4.92 Å². The van der Waals surface area contributed by atoms with Crippen molar-refractivity contribution in [2.45, 2.75) is 19.3 Å². The number of unbranched alkanes of at least 4 members (excludes halogenated alkanes) is 2. The van der Waals surface area contributed by atoms with Crippen molar-refractivity contribution in [2.24, 2.45) is 0 Å². The lowest BCUT2D eigenvalue weighted by atomic mass is 10.2. The maximum absolute atomic E-state index is 10.4. The van der Waals surface area contributed by atoms with Crippen LogP contribution in [-0.4, -0.2) is 23.2 Å². The predicted octanol–water partition coefficient (Wildman–Crippen LogP) is 2.17. The number of hydrogen-bond acceptors (Lipinski definition) is 4. The first-order chi connectivity index (χ1) is 7.74. The summed E-state index contributed by atoms with van der Waals surface area (Å²) in [6.07, 6.45) is 2.79. The molecular weight excluding hydrogens is 208 g/mol. The van der Waals surface area contributed by atoms with Crippen LogP contribution in [0.15, 0.2) is 24.3 Å². The van der Waals surface area contributed by atoms with Gasteiger partial charge in [0.05, 0.1) is 4.92 Å². The fourth-order valence-electron chi connectivity index (χ4n) is 1.35. The average molecular weight is 224 g/mol. The highest BCUT2D eigenvalue weighted by molar-refractivity contribution is 5.48. The zero-order valence-electron chi connectivity index (χ0n) is 9.06. The van der Waals surface area contributed by atoms with Crippen LogP contribution in [0.4, 0.5) is 11.4 Å². The second-order valence-corrected chi connectivity index (χ2v) is 3.52. The number of rotatable bonds is 7. The van der Waals surface area contributed by atoms with Crippen LogP contribution in [0.3, 0.4) is 0 Å². The summed E-state index contributed by atoms with van der Waals surface area (Å²) in [5, 5.41) is 22.2. The number of benzene rings is 1. The molecule has 0 atom stereocenters. The third-order valence-electron chi connectivity index (χ3n) is 2.24. The number of nitro groups is 1. The first-order valence-corrected chi connectivity index (χ1v) is 5.33. The zero-order valence-corrected chi connectivity index (χ0v) is 9.06. The largest absolute Gasteiger partial charge is 0.396 e. The average Bonchev–Trinajstić information content (AvgIpc) is 2.29. The van der Waals surface area contributed by atoms with Gasteiger partial charge in [-0.2, -0.15) is 0 Å². The molecule has 16 heavy (non-hydrogen) atoms. The van der Waals surface area contributed by atoms with Gasteiger partial charge in [0.1, 0.15) is 0 Å². The summed E-state index contributed by atoms with van der Waals surface area (Å²) in [4.78, 5) is 9.99. The van der Waals surface area contributed by atoms with Crippen molar-refractivity contribution in [3.8, 4) is 0 Å². The molecule has 0 heterocycles. The maximum Gasteiger partial charge on any atom is 0.269 e. The van der Waals surface area contributed by atoms with Gasteiger partial charge in [-0.3, -0.25) is 10.1 Å². The van der Waals surface area contributed by atoms with Gasteiger partial charge in [-0.1, -0.05) is 0 Å². The molecule has 1 rings (SSSR count). The number of nitrogens with one attached hydrogen (secondary N) is 1. The Morgan fingerprint density at radius 2 is 1.88 bits per heavy atom. The molecule has 88 valence electrons. The van der Waals surface area contributed by atoms with Crippen molar-refractivity contribution >= 4 is 11.4 Å². The number of hydrogen-bond donors (Lipinski definition) is 2. The van der Waals surface area contributed by atoms with Gasteiger partial charge in [0, 0.05) is 31.0 Å². The fraction of sp³-hybridized carbons (Fsp3) is 0.455. The molecule has 0 saturated carbocycles. The monoisotopic (exact) mass is 224 g/mol. The van der Waals surface area contributed by atoms with Crippen LogP contribution < -0.4 is 5.32 Å². The SMILES string of the molecule is O=[N+]([O-])c1ccc(NCCCCCO)cc1. The fourth-order valence-corrected chi connectivity index (χ4v) is 1.35. The van der Waals surface area contributed by atoms with E-state index in [1.54, 1.807) is 12.1 Å². The highest BCUT2D eigenvalue weighted by Gasteiger charge is 2.02. The van der Waals surface area contributed by atoms with Gasteiger partial charge in [-0.25, -0.2) is 0 Å². The van der Waals surface area contributed by atoms with E-state index in [9.17, 15) is 10.1 Å². The van der Waals surface area contributed by atoms with E-state index in [-0.39, 0.29) is 12.3 Å². The molecule has 1 aromatic carbocycles. The molecule has 1 aromatic rings. The molecule has 0 bridgehead atoms. The highest BCUT2D eigenvalue weighted by Crippen LogP contribution is 2.15. The van der Waals surface area contributed by atoms with E-state index in [0.717, 1.165) is 31.5 Å². The van der Waals surface area contributed by atoms with Crippen molar-refractivity contribution < 1.29 is 10.0 Å². The zero-order chi connectivity index (χ0) is 11.8. The number of nitrogens with zero attached hydrogens (tertiary/aromatic N) is 1. The third kappa shape index (κ3) is 4.27. The summed E-state index contributed by atoms with van der Waals surface area (Å²) in [5.74, 6) is 0. The van der Waals surface area contributed by atoms with E-state index in [1.807, 2.05) is 0 Å². The molecule has 5 nitrogen and oxygen atoms in total. The molecule has 0 aromatic heterocycles. The topological polar surface area (TPSA) is 75.4 Å². The van der Waals surface area contributed by atoms with Crippen LogP contribution >= 0.6 is 0 Å². The van der Waals surface area contributed by atoms with Crippen molar-refractivity contribution in [3.63, 3.8) is 0 Å². The Bertz CT molecular complexity index is 325. The number of aliphatic hydroxyl groups excluding tert-OH is 1. The second-order valence-electron chi connectivity index (χ2n) is 3.52. The Morgan fingerprint density at radius 1 is 1.19 bits per heavy atom. The van der Waals surface area contributed by atoms with Gasteiger partial charge in [0.25, 0.3) is 5.69 Å². The summed E-state index contributed by atoms with van der Waals surface area (Å²) in [7, 11) is 0. The molecule has 2 N–H and O–H groups in total. The first-order valence-electron chi connectivity index (χ1n) is 5.33. The van der Waals surface area contributed by atoms with Gasteiger partial charge in [-0.05, 0) is 31.4 Å². The Labute approximate surface area is 94.3 Å². The van der Waals surface area contributed by atoms with Crippen LogP contribution in [0.2, 0.25) is 0 Å². The summed E-state index contributed by atoms with van der Waals surface area (Å²) in [6, 6.07) is 6.36. The minimum atomic E-state index is -0.412. The molecule has 0 aliphatic rings. The van der Waals surface area contributed by atoms with E-state index in [4.69, 9.17) is 5.11 Å². The third-order valence-corrected chi connectivity index (χ3v) is 2.24. The van der Waals surface area contributed by atoms with Gasteiger partial charge >= 0.3 is 0 Å². The van der Waals surface area contributed by atoms with Gasteiger partial charge < -0.3 is 10.4 Å². The van der Waals surface area contributed by atoms with Crippen molar-refractivity contribution in [1.82, 2.24) is 0 Å². The molecular formula is C11H16N2O3. The van der Waals surface area contributed by atoms with Gasteiger partial charge in [0.2, 0.25) is 0 Å². The lowest BCUT2D eigenvalue weighted by molar-refractivity contribution is -0.384. The number of anilines is 1. The normalized spacial score (nSPS) is 10.1. The van der Waals surface area contributed by atoms with E-state index in [2.05, 4.69) is 5.32 Å². The highest BCUT2D eigenvalue weighted by atomic mass is 16.6. The minimum Gasteiger partial charge on any atom is -0.396 e. The molecule has 0 fully saturated rings. The number of non-ortho nitro benzene ring substituents is 1. The van der Waals surface area contributed by atoms with Gasteiger partial charge in [0.15, 0.2) is 0 Å². The van der Waals surface area contributed by atoms with Crippen LogP contribution in [0.5, 0.6) is 0 Å². The van der Waals surface area contributed by atoms with Crippen molar-refractivity contribution in [1.29, 1.82) is 0 Å². The van der Waals surface area contributed by atoms with Crippen molar-refractivity contribution in [2.75, 3.05) is 18.5 Å². The molecule has 0 unspecified atom stereocenters. The Kier molecular flexibility index (Phi) is 5.28. The lowest BCUT2D eigenvalue weighted by Gasteiger charge is -2.05. The van der Waals surface area contributed by atoms with E-state index >= 15 is 0 Å². The minimum absolute atomic E-state index is 0.103. The predicted molar refractivity (Wildman–Crippen MR) is 62.5 cm³/mol. The molecule has 0 amide bonds. The number of nitro benzene ring substituents is 1. The van der Waals surface area contributed by atoms with Crippen LogP contribution in [0.1, 0.15) is 19.3 Å². The summed E-state index contributed by atoms with van der Waals surface area (Å²) >= 11 is 0. The molecule has 0 saturated heterocycles. The smallest absolute Gasteiger partial charge is 0.269 e. The quantitative estimate of drug-likeness (QED) is 0.423. The van der Waals surface area contributed by atoms with Crippen LogP contribution in [-0.2, 0) is 0 Å². The Morgan fingerprint density at radius 3 is 2.44 bits per heavy atom. The van der Waals surface area contributed by atoms with E-state index in [1.165, 1.54) is 12.1 Å². The van der Waals surface area contributed by atoms with Crippen LogP contribution in [0, 0.1) is 10.1 Å². The lowest BCUT2D eigenvalue weighted by Crippen LogP contribution is -2.01. The summed E-state index contributed by atoms with van der Waals surface area (Å²) in [5.41, 5.74) is 0.987. The standard InChI is InChI=1S/C11H16N2O3/c14-9-3-1-2-8-12-10-4-6-11(7-5-10)13(15)16/h4-7,12,14H,1-3,8-9H2. The molecule has 5 heteroatoms. The summed E-state index contributed by atoms with van der Waals surface area (Å²) in [6.45, 7) is 1.05. The number of aliphatic hydroxyl groups is 1. The van der Waals surface area contributed by atoms with Gasteiger partial charge in [-0.15, -0.1) is 0 Å². The second kappa shape index (κ2) is 6.79. The first kappa shape index (κ1) is 12.4. The van der Waals surface area contributed by atoms with E-state index in [0.29, 0.717) is 0 Å². The Hall–Kier alpha value is -1.62. The van der Waals surface area contributed by atoms with Crippen molar-refractivity contribution in [3.05, 3.63) is 34.4 Å². The molecule has 0 aliphatic carbocycles. The molecule has 0 radical (unpaired) electrons. The summed E-state index contributed by atoms with van der Waals surface area (Å²) < 4.78 is 0. The molecule has 0 aliphatic heterocycles. The Balaban J connectivity index is 2.29. The molecule has 0 spiro atoms.